The lowest BCUT2D eigenvalue weighted by atomic mass is 9.95. The van der Waals surface area contributed by atoms with Gasteiger partial charge in [0.15, 0.2) is 23.9 Å². The lowest BCUT2D eigenvalue weighted by Crippen LogP contribution is -2.19. The summed E-state index contributed by atoms with van der Waals surface area (Å²) < 4.78 is 28.3. The first-order valence-electron chi connectivity index (χ1n) is 8.71. The Morgan fingerprint density at radius 1 is 1.07 bits per heavy atom. The molecular weight excluding hydrogens is 348 g/mol. The lowest BCUT2D eigenvalue weighted by Gasteiger charge is -2.29. The van der Waals surface area contributed by atoms with Crippen LogP contribution in [0.15, 0.2) is 42.0 Å². The van der Waals surface area contributed by atoms with Gasteiger partial charge in [0.05, 0.1) is 24.4 Å². The Morgan fingerprint density at radius 2 is 1.85 bits per heavy atom. The number of hydrogen-bond acceptors (Lipinski definition) is 6. The molecule has 0 saturated heterocycles. The molecule has 0 N–H and O–H groups in total. The molecule has 6 nitrogen and oxygen atoms in total. The largest absolute Gasteiger partial charge is 0.495 e. The van der Waals surface area contributed by atoms with Gasteiger partial charge in [-0.3, -0.25) is 4.79 Å². The molecule has 0 saturated carbocycles. The summed E-state index contributed by atoms with van der Waals surface area (Å²) in [6.45, 7) is 4.09. The summed E-state index contributed by atoms with van der Waals surface area (Å²) in [5, 5.41) is 0. The minimum atomic E-state index is -0.601. The van der Waals surface area contributed by atoms with Gasteiger partial charge in [0.1, 0.15) is 17.3 Å². The van der Waals surface area contributed by atoms with E-state index >= 15 is 0 Å². The van der Waals surface area contributed by atoms with Crippen LogP contribution in [-0.2, 0) is 9.53 Å². The van der Waals surface area contributed by atoms with E-state index in [-0.39, 0.29) is 12.9 Å². The fraction of sp³-hybridized carbons (Fsp3) is 0.286. The topological polar surface area (TPSA) is 63.2 Å². The maximum atomic E-state index is 11.9. The van der Waals surface area contributed by atoms with Gasteiger partial charge in [-0.1, -0.05) is 6.07 Å². The average molecular weight is 368 g/mol. The molecule has 0 aliphatic carbocycles. The van der Waals surface area contributed by atoms with Crippen LogP contribution in [-0.4, -0.2) is 26.3 Å². The fourth-order valence-electron chi connectivity index (χ4n) is 3.27. The molecule has 0 radical (unpaired) electrons. The van der Waals surface area contributed by atoms with Gasteiger partial charge < -0.3 is 23.7 Å². The molecule has 2 aromatic rings. The van der Waals surface area contributed by atoms with Gasteiger partial charge in [0.25, 0.3) is 0 Å². The first-order valence-corrected chi connectivity index (χ1v) is 8.71. The maximum Gasteiger partial charge on any atom is 0.231 e. The van der Waals surface area contributed by atoms with Gasteiger partial charge in [-0.25, -0.2) is 0 Å². The number of hydrogen-bond donors (Lipinski definition) is 0. The Kier molecular flexibility index (Phi) is 4.39. The summed E-state index contributed by atoms with van der Waals surface area (Å²) in [6, 6.07) is 11.0. The second kappa shape index (κ2) is 6.87. The quantitative estimate of drug-likeness (QED) is 0.746. The SMILES string of the molecule is COC1=C(C=O)C(c2ccc3c(c2)OCO3)Oc2ccc(OC(C)C)cc21. The molecule has 0 bridgehead atoms. The van der Waals surface area contributed by atoms with Crippen molar-refractivity contribution in [3.8, 4) is 23.0 Å². The van der Waals surface area contributed by atoms with Crippen molar-refractivity contribution >= 4 is 12.0 Å². The van der Waals surface area contributed by atoms with E-state index in [2.05, 4.69) is 0 Å². The zero-order valence-electron chi connectivity index (χ0n) is 15.4. The van der Waals surface area contributed by atoms with Crippen molar-refractivity contribution in [2.75, 3.05) is 13.9 Å². The molecule has 1 unspecified atom stereocenters. The average Bonchev–Trinajstić information content (AvgIpc) is 3.13. The first-order chi connectivity index (χ1) is 13.1. The van der Waals surface area contributed by atoms with E-state index in [9.17, 15) is 4.79 Å². The standard InChI is InChI=1S/C21H20O6/c1-12(2)26-14-5-7-17-15(9-14)21(23-3)16(10-22)20(27-17)13-4-6-18-19(8-13)25-11-24-18/h4-10,12,20H,11H2,1-3H3. The molecule has 0 spiro atoms. The number of carbonyl (C=O) groups is 1. The van der Waals surface area contributed by atoms with Gasteiger partial charge in [0, 0.05) is 5.56 Å². The zero-order valence-corrected chi connectivity index (χ0v) is 15.4. The molecule has 4 rings (SSSR count). The number of ether oxygens (including phenoxy) is 5. The number of aldehydes is 1. The number of fused-ring (bicyclic) bond motifs is 2. The van der Waals surface area contributed by atoms with Crippen molar-refractivity contribution in [3.05, 3.63) is 53.1 Å². The van der Waals surface area contributed by atoms with E-state index in [0.717, 1.165) is 11.8 Å². The Balaban J connectivity index is 1.78. The van der Waals surface area contributed by atoms with Gasteiger partial charge in [-0.15, -0.1) is 0 Å². The van der Waals surface area contributed by atoms with Gasteiger partial charge in [-0.05, 0) is 44.2 Å². The Bertz CT molecular complexity index is 915. The Morgan fingerprint density at radius 3 is 2.59 bits per heavy atom. The molecule has 0 aromatic heterocycles. The van der Waals surface area contributed by atoms with E-state index in [0.29, 0.717) is 39.9 Å². The molecule has 27 heavy (non-hydrogen) atoms. The molecule has 140 valence electrons. The van der Waals surface area contributed by atoms with Crippen LogP contribution in [0.3, 0.4) is 0 Å². The highest BCUT2D eigenvalue weighted by Crippen LogP contribution is 2.45. The van der Waals surface area contributed by atoms with E-state index in [1.54, 1.807) is 7.11 Å². The summed E-state index contributed by atoms with van der Waals surface area (Å²) in [7, 11) is 1.54. The van der Waals surface area contributed by atoms with Crippen molar-refractivity contribution < 1.29 is 28.5 Å². The highest BCUT2D eigenvalue weighted by atomic mass is 16.7. The summed E-state index contributed by atoms with van der Waals surface area (Å²) >= 11 is 0. The predicted molar refractivity (Wildman–Crippen MR) is 98.1 cm³/mol. The molecule has 0 amide bonds. The number of rotatable bonds is 5. The summed E-state index contributed by atoms with van der Waals surface area (Å²) in [5.74, 6) is 3.09. The Hall–Kier alpha value is -3.15. The van der Waals surface area contributed by atoms with E-state index in [4.69, 9.17) is 23.7 Å². The van der Waals surface area contributed by atoms with Crippen molar-refractivity contribution in [2.45, 2.75) is 26.1 Å². The minimum absolute atomic E-state index is 0.0365. The second-order valence-electron chi connectivity index (χ2n) is 6.54. The van der Waals surface area contributed by atoms with Crippen molar-refractivity contribution in [3.63, 3.8) is 0 Å². The van der Waals surface area contributed by atoms with Gasteiger partial charge in [0.2, 0.25) is 6.79 Å². The molecule has 2 aliphatic rings. The van der Waals surface area contributed by atoms with E-state index < -0.39 is 6.10 Å². The smallest absolute Gasteiger partial charge is 0.231 e. The molecule has 1 atom stereocenters. The summed E-state index contributed by atoms with van der Waals surface area (Å²) in [6.07, 6.45) is 0.207. The fourth-order valence-corrected chi connectivity index (χ4v) is 3.27. The van der Waals surface area contributed by atoms with Crippen LogP contribution in [0, 0.1) is 0 Å². The van der Waals surface area contributed by atoms with Crippen LogP contribution in [0.1, 0.15) is 31.1 Å². The van der Waals surface area contributed by atoms with Crippen LogP contribution in [0.25, 0.3) is 5.76 Å². The van der Waals surface area contributed by atoms with Gasteiger partial charge >= 0.3 is 0 Å². The summed E-state index contributed by atoms with van der Waals surface area (Å²) in [4.78, 5) is 11.9. The monoisotopic (exact) mass is 368 g/mol. The van der Waals surface area contributed by atoms with Crippen molar-refractivity contribution in [1.82, 2.24) is 0 Å². The van der Waals surface area contributed by atoms with Crippen LogP contribution >= 0.6 is 0 Å². The predicted octanol–water partition coefficient (Wildman–Crippen LogP) is 3.89. The van der Waals surface area contributed by atoms with Crippen molar-refractivity contribution in [2.24, 2.45) is 0 Å². The molecule has 2 aliphatic heterocycles. The van der Waals surface area contributed by atoms with Crippen LogP contribution in [0.2, 0.25) is 0 Å². The van der Waals surface area contributed by atoms with Gasteiger partial charge in [-0.2, -0.15) is 0 Å². The van der Waals surface area contributed by atoms with Crippen LogP contribution < -0.4 is 18.9 Å². The lowest BCUT2D eigenvalue weighted by molar-refractivity contribution is -0.105. The number of methoxy groups -OCH3 is 1. The third-order valence-electron chi connectivity index (χ3n) is 4.39. The first kappa shape index (κ1) is 17.3. The molecule has 0 fully saturated rings. The molecule has 6 heteroatoms. The zero-order chi connectivity index (χ0) is 19.0. The molecular formula is C21H20O6. The van der Waals surface area contributed by atoms with E-state index in [1.165, 1.54) is 0 Å². The van der Waals surface area contributed by atoms with Crippen LogP contribution in [0.5, 0.6) is 23.0 Å². The minimum Gasteiger partial charge on any atom is -0.495 e. The Labute approximate surface area is 157 Å². The highest BCUT2D eigenvalue weighted by molar-refractivity contribution is 5.90. The normalized spacial score (nSPS) is 17.4. The summed E-state index contributed by atoms with van der Waals surface area (Å²) in [5.41, 5.74) is 1.88. The highest BCUT2D eigenvalue weighted by Gasteiger charge is 2.32. The maximum absolute atomic E-state index is 11.9. The molecule has 2 heterocycles. The second-order valence-corrected chi connectivity index (χ2v) is 6.54. The van der Waals surface area contributed by atoms with Crippen molar-refractivity contribution in [1.29, 1.82) is 0 Å². The number of carbonyl (C=O) groups excluding carboxylic acids is 1. The van der Waals surface area contributed by atoms with E-state index in [1.807, 2.05) is 50.2 Å². The third-order valence-corrected chi connectivity index (χ3v) is 4.39. The third kappa shape index (κ3) is 3.07. The van der Waals surface area contributed by atoms with Crippen LogP contribution in [0.4, 0.5) is 0 Å². The molecule has 2 aromatic carbocycles. The number of benzene rings is 2.